The van der Waals surface area contributed by atoms with Gasteiger partial charge in [0, 0.05) is 34.3 Å². The maximum absolute atomic E-state index is 13.5. The second-order valence-electron chi connectivity index (χ2n) is 8.93. The Morgan fingerprint density at radius 1 is 1.03 bits per heavy atom. The van der Waals surface area contributed by atoms with Crippen molar-refractivity contribution < 1.29 is 27.4 Å². The molecule has 4 aromatic rings. The first-order valence-electron chi connectivity index (χ1n) is 11.6. The van der Waals surface area contributed by atoms with Gasteiger partial charge in [-0.25, -0.2) is 0 Å². The summed E-state index contributed by atoms with van der Waals surface area (Å²) in [5.74, 6) is 0.172. The Kier molecular flexibility index (Phi) is 6.43. The summed E-state index contributed by atoms with van der Waals surface area (Å²) in [6.07, 6.45) is -1.38. The second kappa shape index (κ2) is 9.54. The molecular formula is C28H23ClF3NO3. The maximum Gasteiger partial charge on any atom is 0.573 e. The molecular weight excluding hydrogens is 491 g/mol. The van der Waals surface area contributed by atoms with Gasteiger partial charge in [0.25, 0.3) is 0 Å². The molecule has 36 heavy (non-hydrogen) atoms. The van der Waals surface area contributed by atoms with Crippen LogP contribution in [0.4, 0.5) is 13.2 Å². The van der Waals surface area contributed by atoms with E-state index in [0.29, 0.717) is 39.3 Å². The SMILES string of the molecule is Cc1c(C(=O)c2ccc(Cl)cc2)c2ccc(OC(F)(F)F)cc2n1Cc1cccc(OC2CCC2)c1. The van der Waals surface area contributed by atoms with E-state index in [9.17, 15) is 18.0 Å². The molecule has 8 heteroatoms. The molecule has 0 aliphatic heterocycles. The average Bonchev–Trinajstić information content (AvgIpc) is 3.06. The van der Waals surface area contributed by atoms with Crippen molar-refractivity contribution in [2.75, 3.05) is 0 Å². The van der Waals surface area contributed by atoms with Crippen LogP contribution >= 0.6 is 11.6 Å². The smallest absolute Gasteiger partial charge is 0.490 e. The summed E-state index contributed by atoms with van der Waals surface area (Å²) in [5, 5.41) is 1.05. The standard InChI is InChI=1S/C28H23ClF3NO3/c1-17-26(27(34)19-8-10-20(29)11-9-19)24-13-12-23(36-28(30,31)32)15-25(24)33(17)16-18-4-2-7-22(14-18)35-21-5-3-6-21/h2,4,7-15,21H,3,5-6,16H2,1H3. The molecule has 0 N–H and O–H groups in total. The second-order valence-corrected chi connectivity index (χ2v) is 9.36. The first-order chi connectivity index (χ1) is 17.2. The topological polar surface area (TPSA) is 40.5 Å². The average molecular weight is 514 g/mol. The van der Waals surface area contributed by atoms with Crippen LogP contribution in [0.25, 0.3) is 10.9 Å². The van der Waals surface area contributed by atoms with Crippen molar-refractivity contribution in [2.24, 2.45) is 0 Å². The predicted octanol–water partition coefficient (Wildman–Crippen LogP) is 7.71. The van der Waals surface area contributed by atoms with Crippen molar-refractivity contribution >= 4 is 28.3 Å². The number of alkyl halides is 3. The number of carbonyl (C=O) groups is 1. The Hall–Kier alpha value is -3.45. The highest BCUT2D eigenvalue weighted by atomic mass is 35.5. The Morgan fingerprint density at radius 2 is 1.78 bits per heavy atom. The number of ether oxygens (including phenoxy) is 2. The van der Waals surface area contributed by atoms with Gasteiger partial charge in [-0.15, -0.1) is 13.2 Å². The molecule has 0 spiro atoms. The summed E-state index contributed by atoms with van der Waals surface area (Å²) in [6.45, 7) is 2.13. The van der Waals surface area contributed by atoms with Gasteiger partial charge in [-0.3, -0.25) is 4.79 Å². The van der Waals surface area contributed by atoms with E-state index in [4.69, 9.17) is 16.3 Å². The highest BCUT2D eigenvalue weighted by molar-refractivity contribution is 6.30. The number of hydrogen-bond donors (Lipinski definition) is 0. The lowest BCUT2D eigenvalue weighted by molar-refractivity contribution is -0.274. The first-order valence-corrected chi connectivity index (χ1v) is 12.0. The van der Waals surface area contributed by atoms with Gasteiger partial charge in [0.1, 0.15) is 11.5 Å². The molecule has 186 valence electrons. The number of nitrogens with zero attached hydrogens (tertiary/aromatic N) is 1. The van der Waals surface area contributed by atoms with Gasteiger partial charge in [0.05, 0.1) is 17.2 Å². The zero-order chi connectivity index (χ0) is 25.4. The number of benzene rings is 3. The van der Waals surface area contributed by atoms with Crippen molar-refractivity contribution in [2.45, 2.75) is 45.2 Å². The first kappa shape index (κ1) is 24.3. The molecule has 1 saturated carbocycles. The lowest BCUT2D eigenvalue weighted by Crippen LogP contribution is -2.24. The zero-order valence-corrected chi connectivity index (χ0v) is 20.2. The van der Waals surface area contributed by atoms with Crippen LogP contribution in [0.1, 0.15) is 46.4 Å². The van der Waals surface area contributed by atoms with E-state index >= 15 is 0 Å². The molecule has 1 aromatic heterocycles. The minimum Gasteiger partial charge on any atom is -0.490 e. The van der Waals surface area contributed by atoms with Crippen molar-refractivity contribution in [1.82, 2.24) is 4.57 Å². The van der Waals surface area contributed by atoms with E-state index in [1.54, 1.807) is 31.2 Å². The van der Waals surface area contributed by atoms with Gasteiger partial charge in [-0.1, -0.05) is 23.7 Å². The number of carbonyl (C=O) groups excluding carboxylic acids is 1. The molecule has 0 radical (unpaired) electrons. The van der Waals surface area contributed by atoms with Crippen LogP contribution in [0.2, 0.25) is 5.02 Å². The van der Waals surface area contributed by atoms with Crippen LogP contribution < -0.4 is 9.47 Å². The highest BCUT2D eigenvalue weighted by Gasteiger charge is 2.32. The molecule has 0 amide bonds. The van der Waals surface area contributed by atoms with Crippen LogP contribution in [0.15, 0.2) is 66.7 Å². The molecule has 0 saturated heterocycles. The molecule has 1 heterocycles. The summed E-state index contributed by atoms with van der Waals surface area (Å²) in [7, 11) is 0. The number of hydrogen-bond acceptors (Lipinski definition) is 3. The Bertz CT molecular complexity index is 1420. The predicted molar refractivity (Wildman–Crippen MR) is 132 cm³/mol. The van der Waals surface area contributed by atoms with Crippen molar-refractivity contribution in [1.29, 1.82) is 0 Å². The third-order valence-electron chi connectivity index (χ3n) is 6.46. The zero-order valence-electron chi connectivity index (χ0n) is 19.4. The molecule has 1 fully saturated rings. The maximum atomic E-state index is 13.5. The summed E-state index contributed by atoms with van der Waals surface area (Å²) in [6, 6.07) is 18.2. The third kappa shape index (κ3) is 5.07. The lowest BCUT2D eigenvalue weighted by Gasteiger charge is -2.26. The summed E-state index contributed by atoms with van der Waals surface area (Å²) in [4.78, 5) is 13.5. The Morgan fingerprint density at radius 3 is 2.44 bits per heavy atom. The van der Waals surface area contributed by atoms with E-state index in [0.717, 1.165) is 30.6 Å². The lowest BCUT2D eigenvalue weighted by atomic mass is 9.96. The summed E-state index contributed by atoms with van der Waals surface area (Å²) in [5.41, 5.74) is 2.87. The molecule has 3 aromatic carbocycles. The van der Waals surface area contributed by atoms with E-state index < -0.39 is 6.36 Å². The molecule has 4 nitrogen and oxygen atoms in total. The molecule has 0 bridgehead atoms. The van der Waals surface area contributed by atoms with Crippen LogP contribution in [0.5, 0.6) is 11.5 Å². The van der Waals surface area contributed by atoms with E-state index in [1.807, 2.05) is 28.8 Å². The molecule has 0 atom stereocenters. The minimum atomic E-state index is -4.82. The van der Waals surface area contributed by atoms with E-state index in [-0.39, 0.29) is 17.6 Å². The monoisotopic (exact) mass is 513 g/mol. The number of halogens is 4. The fourth-order valence-electron chi connectivity index (χ4n) is 4.47. The largest absolute Gasteiger partial charge is 0.573 e. The van der Waals surface area contributed by atoms with Crippen LogP contribution in [0.3, 0.4) is 0 Å². The Balaban J connectivity index is 1.58. The summed E-state index contributed by atoms with van der Waals surface area (Å²) < 4.78 is 50.8. The highest BCUT2D eigenvalue weighted by Crippen LogP contribution is 2.34. The third-order valence-corrected chi connectivity index (χ3v) is 6.71. The van der Waals surface area contributed by atoms with Crippen LogP contribution in [-0.4, -0.2) is 22.8 Å². The fraction of sp³-hybridized carbons (Fsp3) is 0.250. The molecule has 5 rings (SSSR count). The number of fused-ring (bicyclic) bond motifs is 1. The van der Waals surface area contributed by atoms with Crippen LogP contribution in [-0.2, 0) is 6.54 Å². The van der Waals surface area contributed by atoms with Crippen molar-refractivity contribution in [3.05, 3.63) is 94.1 Å². The van der Waals surface area contributed by atoms with E-state index in [2.05, 4.69) is 4.74 Å². The minimum absolute atomic E-state index is 0.222. The molecule has 0 unspecified atom stereocenters. The van der Waals surface area contributed by atoms with Gasteiger partial charge in [-0.2, -0.15) is 0 Å². The van der Waals surface area contributed by atoms with Crippen molar-refractivity contribution in [3.63, 3.8) is 0 Å². The van der Waals surface area contributed by atoms with Crippen LogP contribution in [0, 0.1) is 6.92 Å². The van der Waals surface area contributed by atoms with Gasteiger partial charge in [0.15, 0.2) is 5.78 Å². The quantitative estimate of drug-likeness (QED) is 0.238. The Labute approximate surface area is 211 Å². The normalized spacial score (nSPS) is 14.0. The summed E-state index contributed by atoms with van der Waals surface area (Å²) >= 11 is 5.98. The number of aromatic nitrogens is 1. The van der Waals surface area contributed by atoms with Gasteiger partial charge in [-0.05, 0) is 80.3 Å². The number of ketones is 1. The van der Waals surface area contributed by atoms with Crippen molar-refractivity contribution in [3.8, 4) is 11.5 Å². The van der Waals surface area contributed by atoms with Gasteiger partial charge in [0.2, 0.25) is 0 Å². The molecule has 1 aliphatic carbocycles. The molecule has 1 aliphatic rings. The van der Waals surface area contributed by atoms with E-state index in [1.165, 1.54) is 18.2 Å². The van der Waals surface area contributed by atoms with Gasteiger partial charge >= 0.3 is 6.36 Å². The fourth-order valence-corrected chi connectivity index (χ4v) is 4.60. The van der Waals surface area contributed by atoms with Gasteiger partial charge < -0.3 is 14.0 Å². The number of rotatable bonds is 7.